The normalized spacial score (nSPS) is 16.0. The van der Waals surface area contributed by atoms with E-state index in [4.69, 9.17) is 4.74 Å². The van der Waals surface area contributed by atoms with Gasteiger partial charge in [-0.3, -0.25) is 9.79 Å². The molecule has 1 amide bonds. The molecule has 3 aromatic rings. The Morgan fingerprint density at radius 3 is 2.34 bits per heavy atom. The lowest BCUT2D eigenvalue weighted by molar-refractivity contribution is -0.157. The molecule has 1 aliphatic heterocycles. The number of nitrogens with zero attached hydrogens (tertiary/aromatic N) is 1. The van der Waals surface area contributed by atoms with Crippen LogP contribution in [0.1, 0.15) is 78.9 Å². The van der Waals surface area contributed by atoms with Crippen molar-refractivity contribution in [2.45, 2.75) is 71.2 Å². The number of hydrogen-bond acceptors (Lipinski definition) is 7. The van der Waals surface area contributed by atoms with E-state index >= 15 is 0 Å². The second kappa shape index (κ2) is 11.9. The van der Waals surface area contributed by atoms with Crippen LogP contribution >= 0.6 is 11.3 Å². The van der Waals surface area contributed by atoms with Crippen LogP contribution in [0.3, 0.4) is 0 Å². The van der Waals surface area contributed by atoms with Gasteiger partial charge in [0.15, 0.2) is 0 Å². The number of rotatable bonds is 7. The Morgan fingerprint density at radius 2 is 1.78 bits per heavy atom. The van der Waals surface area contributed by atoms with Crippen molar-refractivity contribution in [3.05, 3.63) is 93.1 Å². The Morgan fingerprint density at radius 1 is 1.07 bits per heavy atom. The molecule has 7 nitrogen and oxygen atoms in total. The van der Waals surface area contributed by atoms with Crippen molar-refractivity contribution in [2.75, 3.05) is 0 Å². The molecule has 1 aliphatic rings. The maximum absolute atomic E-state index is 14.2. The van der Waals surface area contributed by atoms with Crippen molar-refractivity contribution < 1.29 is 23.8 Å². The number of aromatic hydroxyl groups is 1. The second-order valence-corrected chi connectivity index (χ2v) is 13.1. The number of hydrogen-bond donors (Lipinski definition) is 3. The summed E-state index contributed by atoms with van der Waals surface area (Å²) in [4.78, 5) is 32.3. The van der Waals surface area contributed by atoms with E-state index in [0.29, 0.717) is 16.0 Å². The molecule has 0 fully saturated rings. The number of benzene rings is 2. The number of carbonyl (C=O) groups excluding carboxylic acids is 2. The molecule has 4 rings (SSSR count). The first-order valence-corrected chi connectivity index (χ1v) is 14.2. The van der Waals surface area contributed by atoms with Crippen molar-refractivity contribution in [1.82, 2.24) is 10.6 Å². The third-order valence-corrected chi connectivity index (χ3v) is 7.83. The minimum Gasteiger partial charge on any atom is -0.508 e. The van der Waals surface area contributed by atoms with Crippen molar-refractivity contribution >= 4 is 35.0 Å². The highest BCUT2D eigenvalue weighted by Gasteiger charge is 2.28. The number of esters is 1. The maximum Gasteiger partial charge on any atom is 0.329 e. The molecule has 2 aromatic carbocycles. The molecule has 2 atom stereocenters. The third-order valence-electron chi connectivity index (χ3n) is 6.32. The van der Waals surface area contributed by atoms with Crippen molar-refractivity contribution in [2.24, 2.45) is 4.99 Å². The van der Waals surface area contributed by atoms with Crippen molar-refractivity contribution in [1.29, 1.82) is 0 Å². The summed E-state index contributed by atoms with van der Waals surface area (Å²) in [5.41, 5.74) is 1.83. The number of phenolic OH excluding ortho intramolecular Hbond substituents is 1. The first-order chi connectivity index (χ1) is 19.2. The number of allylic oxidation sites excluding steroid dienone is 1. The summed E-state index contributed by atoms with van der Waals surface area (Å²) >= 11 is 1.42. The molecule has 2 heterocycles. The van der Waals surface area contributed by atoms with Crippen LogP contribution in [-0.4, -0.2) is 34.8 Å². The summed E-state index contributed by atoms with van der Waals surface area (Å²) in [6, 6.07) is 14.4. The van der Waals surface area contributed by atoms with Crippen molar-refractivity contribution in [3.8, 4) is 5.75 Å². The molecular weight excluding hydrogens is 541 g/mol. The minimum absolute atomic E-state index is 0.0776. The maximum atomic E-state index is 14.2. The van der Waals surface area contributed by atoms with Crippen LogP contribution in [-0.2, 0) is 21.4 Å². The largest absolute Gasteiger partial charge is 0.508 e. The number of thiophene rings is 1. The van der Waals surface area contributed by atoms with Gasteiger partial charge >= 0.3 is 5.97 Å². The molecule has 0 saturated heterocycles. The van der Waals surface area contributed by atoms with Gasteiger partial charge < -0.3 is 20.5 Å². The SMILES string of the molecule is CC(C)(C)OC(=O)[C@H](Cc1ccc(C2N=CC(c3ccc(O)cc3F)=CN2)cc1)NC(=O)c1ccc(C(C)(C)C)s1. The summed E-state index contributed by atoms with van der Waals surface area (Å²) in [5.74, 6) is -1.49. The Balaban J connectivity index is 1.46. The Hall–Kier alpha value is -3.98. The van der Waals surface area contributed by atoms with Gasteiger partial charge in [0, 0.05) is 40.9 Å². The summed E-state index contributed by atoms with van der Waals surface area (Å²) in [7, 11) is 0. The van der Waals surface area contributed by atoms with Gasteiger partial charge in [0.25, 0.3) is 5.91 Å². The highest BCUT2D eigenvalue weighted by Crippen LogP contribution is 2.30. The average molecular weight is 578 g/mol. The van der Waals surface area contributed by atoms with E-state index in [1.807, 2.05) is 30.3 Å². The lowest BCUT2D eigenvalue weighted by Crippen LogP contribution is -2.45. The molecule has 3 N–H and O–H groups in total. The molecule has 0 spiro atoms. The first-order valence-electron chi connectivity index (χ1n) is 13.4. The quantitative estimate of drug-likeness (QED) is 0.287. The van der Waals surface area contributed by atoms with Crippen LogP contribution < -0.4 is 10.6 Å². The zero-order valence-electron chi connectivity index (χ0n) is 24.1. The smallest absolute Gasteiger partial charge is 0.329 e. The van der Waals surface area contributed by atoms with Crippen LogP contribution in [0.15, 0.2) is 65.8 Å². The summed E-state index contributed by atoms with van der Waals surface area (Å²) in [6.45, 7) is 11.6. The van der Waals surface area contributed by atoms with Gasteiger partial charge in [-0.25, -0.2) is 9.18 Å². The Kier molecular flexibility index (Phi) is 8.68. The molecule has 216 valence electrons. The predicted octanol–water partition coefficient (Wildman–Crippen LogP) is 6.29. The van der Waals surface area contributed by atoms with Crippen LogP contribution in [0.2, 0.25) is 0 Å². The summed E-state index contributed by atoms with van der Waals surface area (Å²) in [5, 5.41) is 15.5. The number of carbonyl (C=O) groups is 2. The van der Waals surface area contributed by atoms with E-state index in [1.165, 1.54) is 23.5 Å². The predicted molar refractivity (Wildman–Crippen MR) is 161 cm³/mol. The van der Waals surface area contributed by atoms with Gasteiger partial charge in [0.2, 0.25) is 0 Å². The zero-order chi connectivity index (χ0) is 29.9. The van der Waals surface area contributed by atoms with E-state index in [2.05, 4.69) is 36.4 Å². The first kappa shape index (κ1) is 30.0. The summed E-state index contributed by atoms with van der Waals surface area (Å²) < 4.78 is 19.8. The van der Waals surface area contributed by atoms with Gasteiger partial charge in [-0.05, 0) is 61.6 Å². The minimum atomic E-state index is -0.871. The average Bonchev–Trinajstić information content (AvgIpc) is 3.40. The fourth-order valence-corrected chi connectivity index (χ4v) is 5.17. The number of amides is 1. The highest BCUT2D eigenvalue weighted by molar-refractivity contribution is 7.14. The molecule has 41 heavy (non-hydrogen) atoms. The highest BCUT2D eigenvalue weighted by atomic mass is 32.1. The van der Waals surface area contributed by atoms with Crippen LogP contribution in [0.25, 0.3) is 5.57 Å². The lowest BCUT2D eigenvalue weighted by atomic mass is 9.95. The van der Waals surface area contributed by atoms with E-state index in [0.717, 1.165) is 22.1 Å². The van der Waals surface area contributed by atoms with E-state index in [1.54, 1.807) is 39.3 Å². The molecule has 0 saturated carbocycles. The van der Waals surface area contributed by atoms with E-state index < -0.39 is 23.4 Å². The fraction of sp³-hybridized carbons (Fsp3) is 0.344. The molecule has 1 unspecified atom stereocenters. The number of phenols is 1. The van der Waals surface area contributed by atoms with Crippen LogP contribution in [0, 0.1) is 5.82 Å². The number of ether oxygens (including phenoxy) is 1. The zero-order valence-corrected chi connectivity index (χ0v) is 24.9. The fourth-order valence-electron chi connectivity index (χ4n) is 4.20. The molecule has 0 aliphatic carbocycles. The topological polar surface area (TPSA) is 100 Å². The standard InChI is InChI=1S/C32H36FN3O4S/c1-31(2,3)27-14-13-26(41-27)29(38)36-25(30(39)40-32(4,5)6)15-19-7-9-20(10-8-19)28-34-17-21(18-35-28)23-12-11-22(37)16-24(23)33/h7-14,16-18,25,28,34,37H,15H2,1-6H3,(H,36,38)/t25-,28?/m0/s1. The van der Waals surface area contributed by atoms with E-state index in [9.17, 15) is 19.1 Å². The number of halogens is 1. The van der Waals surface area contributed by atoms with Gasteiger partial charge in [-0.1, -0.05) is 45.0 Å². The summed E-state index contributed by atoms with van der Waals surface area (Å²) in [6.07, 6.45) is 3.16. The molecule has 9 heteroatoms. The van der Waals surface area contributed by atoms with Crippen LogP contribution in [0.5, 0.6) is 5.75 Å². The monoisotopic (exact) mass is 577 g/mol. The van der Waals surface area contributed by atoms with Crippen LogP contribution in [0.4, 0.5) is 4.39 Å². The molecular formula is C32H36FN3O4S. The third kappa shape index (κ3) is 7.82. The van der Waals surface area contributed by atoms with E-state index in [-0.39, 0.29) is 29.7 Å². The second-order valence-electron chi connectivity index (χ2n) is 12.0. The number of nitrogens with one attached hydrogen (secondary N) is 2. The molecule has 0 bridgehead atoms. The number of aliphatic imine (C=N–C) groups is 1. The Bertz CT molecular complexity index is 1480. The van der Waals surface area contributed by atoms with Crippen molar-refractivity contribution in [3.63, 3.8) is 0 Å². The van der Waals surface area contributed by atoms with Gasteiger partial charge in [-0.15, -0.1) is 11.3 Å². The molecule has 1 aromatic heterocycles. The molecule has 0 radical (unpaired) electrons. The van der Waals surface area contributed by atoms with Gasteiger partial charge in [-0.2, -0.15) is 0 Å². The van der Waals surface area contributed by atoms with Gasteiger partial charge in [0.1, 0.15) is 29.4 Å². The van der Waals surface area contributed by atoms with Gasteiger partial charge in [0.05, 0.1) is 4.88 Å². The lowest BCUT2D eigenvalue weighted by Gasteiger charge is -2.25. The Labute approximate surface area is 244 Å².